The van der Waals surface area contributed by atoms with Crippen LogP contribution in [0.15, 0.2) is 10.6 Å². The molecule has 2 nitrogen and oxygen atoms in total. The van der Waals surface area contributed by atoms with Crippen LogP contribution in [0.25, 0.3) is 0 Å². The number of nitrogens with zero attached hydrogens (tertiary/aromatic N) is 1. The van der Waals surface area contributed by atoms with E-state index >= 15 is 0 Å². The topological polar surface area (TPSA) is 26.0 Å². The lowest BCUT2D eigenvalue weighted by molar-refractivity contribution is 0.372. The number of rotatable bonds is 1. The molecule has 0 aliphatic carbocycles. The Morgan fingerprint density at radius 3 is 2.55 bits per heavy atom. The number of halogens is 1. The Kier molecular flexibility index (Phi) is 2.23. The van der Waals surface area contributed by atoms with E-state index in [1.807, 2.05) is 0 Å². The van der Waals surface area contributed by atoms with Crippen molar-refractivity contribution in [2.24, 2.45) is 5.41 Å². The smallest absolute Gasteiger partial charge is 0.226 e. The molecule has 1 rings (SSSR count). The average molecular weight is 174 g/mol. The van der Waals surface area contributed by atoms with Crippen LogP contribution in [0.5, 0.6) is 0 Å². The molecule has 3 heteroatoms. The van der Waals surface area contributed by atoms with Gasteiger partial charge in [0.15, 0.2) is 0 Å². The van der Waals surface area contributed by atoms with Crippen LogP contribution in [0.2, 0.25) is 5.22 Å². The quantitative estimate of drug-likeness (QED) is 0.653. The van der Waals surface area contributed by atoms with Crippen molar-refractivity contribution >= 4 is 11.6 Å². The summed E-state index contributed by atoms with van der Waals surface area (Å²) in [4.78, 5) is 0. The zero-order valence-electron chi connectivity index (χ0n) is 7.02. The Hall–Kier alpha value is -0.500. The Morgan fingerprint density at radius 2 is 2.18 bits per heavy atom. The average Bonchev–Trinajstić information content (AvgIpc) is 2.10. The second kappa shape index (κ2) is 2.86. The molecule has 0 N–H and O–H groups in total. The first-order chi connectivity index (χ1) is 4.97. The van der Waals surface area contributed by atoms with E-state index in [-0.39, 0.29) is 5.41 Å². The third-order valence-corrected chi connectivity index (χ3v) is 1.42. The molecule has 0 radical (unpaired) electrons. The standard InChI is InChI=1S/C8H12ClNO/c1-8(2,3)5-6-4-7(9)11-10-6/h4H,5H2,1-3H3. The first kappa shape index (κ1) is 8.60. The molecular weight excluding hydrogens is 162 g/mol. The summed E-state index contributed by atoms with van der Waals surface area (Å²) in [5, 5.41) is 4.16. The highest BCUT2D eigenvalue weighted by atomic mass is 35.5. The lowest BCUT2D eigenvalue weighted by Crippen LogP contribution is -2.08. The summed E-state index contributed by atoms with van der Waals surface area (Å²) >= 11 is 5.56. The molecule has 1 heterocycles. The number of hydrogen-bond donors (Lipinski definition) is 0. The zero-order chi connectivity index (χ0) is 8.48. The maximum Gasteiger partial charge on any atom is 0.226 e. The molecule has 0 aromatic carbocycles. The second-order valence-corrected chi connectivity index (χ2v) is 4.23. The van der Waals surface area contributed by atoms with Crippen LogP contribution in [-0.4, -0.2) is 5.16 Å². The normalized spacial score (nSPS) is 12.0. The van der Waals surface area contributed by atoms with Gasteiger partial charge in [-0.05, 0) is 23.4 Å². The molecule has 0 spiro atoms. The first-order valence-electron chi connectivity index (χ1n) is 3.58. The van der Waals surface area contributed by atoms with E-state index in [0.717, 1.165) is 12.1 Å². The van der Waals surface area contributed by atoms with Gasteiger partial charge in [-0.1, -0.05) is 25.9 Å². The van der Waals surface area contributed by atoms with Crippen LogP contribution in [0, 0.1) is 5.41 Å². The minimum atomic E-state index is 0.236. The molecule has 62 valence electrons. The summed E-state index contributed by atoms with van der Waals surface area (Å²) in [6, 6.07) is 1.76. The lowest BCUT2D eigenvalue weighted by Gasteiger charge is -2.14. The summed E-state index contributed by atoms with van der Waals surface area (Å²) in [6.45, 7) is 6.45. The van der Waals surface area contributed by atoms with E-state index in [0.29, 0.717) is 5.22 Å². The van der Waals surface area contributed by atoms with E-state index in [2.05, 4.69) is 25.9 Å². The Balaban J connectivity index is 2.65. The number of hydrogen-bond acceptors (Lipinski definition) is 2. The van der Waals surface area contributed by atoms with Crippen molar-refractivity contribution in [2.75, 3.05) is 0 Å². The van der Waals surface area contributed by atoms with E-state index in [4.69, 9.17) is 16.1 Å². The van der Waals surface area contributed by atoms with E-state index in [9.17, 15) is 0 Å². The van der Waals surface area contributed by atoms with E-state index in [1.165, 1.54) is 0 Å². The molecule has 0 amide bonds. The largest absolute Gasteiger partial charge is 0.344 e. The van der Waals surface area contributed by atoms with Gasteiger partial charge in [-0.25, -0.2) is 0 Å². The fraction of sp³-hybridized carbons (Fsp3) is 0.625. The minimum Gasteiger partial charge on any atom is -0.344 e. The highest BCUT2D eigenvalue weighted by molar-refractivity contribution is 6.28. The van der Waals surface area contributed by atoms with Gasteiger partial charge in [0.25, 0.3) is 0 Å². The van der Waals surface area contributed by atoms with Crippen molar-refractivity contribution in [1.29, 1.82) is 0 Å². The molecule has 1 aromatic rings. The van der Waals surface area contributed by atoms with Crippen molar-refractivity contribution in [3.63, 3.8) is 0 Å². The van der Waals surface area contributed by atoms with Gasteiger partial charge in [0.2, 0.25) is 5.22 Å². The van der Waals surface area contributed by atoms with Crippen LogP contribution in [-0.2, 0) is 6.42 Å². The van der Waals surface area contributed by atoms with E-state index < -0.39 is 0 Å². The van der Waals surface area contributed by atoms with Crippen LogP contribution in [0.1, 0.15) is 26.5 Å². The maximum absolute atomic E-state index is 5.56. The van der Waals surface area contributed by atoms with Crippen molar-refractivity contribution < 1.29 is 4.52 Å². The molecular formula is C8H12ClNO. The van der Waals surface area contributed by atoms with Crippen molar-refractivity contribution in [3.05, 3.63) is 17.0 Å². The van der Waals surface area contributed by atoms with Gasteiger partial charge < -0.3 is 4.52 Å². The molecule has 0 aliphatic heterocycles. The molecule has 0 fully saturated rings. The SMILES string of the molecule is CC(C)(C)Cc1cc(Cl)on1. The second-order valence-electron chi connectivity index (χ2n) is 3.86. The van der Waals surface area contributed by atoms with E-state index in [1.54, 1.807) is 6.07 Å². The molecule has 0 atom stereocenters. The Labute approximate surface area is 71.5 Å². The predicted molar refractivity (Wildman–Crippen MR) is 44.7 cm³/mol. The predicted octanol–water partition coefficient (Wildman–Crippen LogP) is 2.92. The third-order valence-electron chi connectivity index (χ3n) is 1.24. The molecule has 0 saturated heterocycles. The fourth-order valence-electron chi connectivity index (χ4n) is 0.913. The van der Waals surface area contributed by atoms with Crippen molar-refractivity contribution in [1.82, 2.24) is 5.16 Å². The summed E-state index contributed by atoms with van der Waals surface area (Å²) in [5.41, 5.74) is 1.16. The van der Waals surface area contributed by atoms with Gasteiger partial charge in [-0.3, -0.25) is 0 Å². The van der Waals surface area contributed by atoms with Crippen LogP contribution >= 0.6 is 11.6 Å². The monoisotopic (exact) mass is 173 g/mol. The number of aromatic nitrogens is 1. The summed E-state index contributed by atoms with van der Waals surface area (Å²) in [5.74, 6) is 0. The highest BCUT2D eigenvalue weighted by Crippen LogP contribution is 2.21. The fourth-order valence-corrected chi connectivity index (χ4v) is 1.07. The molecule has 0 aliphatic rings. The molecule has 1 aromatic heterocycles. The van der Waals surface area contributed by atoms with Gasteiger partial charge in [-0.15, -0.1) is 0 Å². The lowest BCUT2D eigenvalue weighted by atomic mass is 9.91. The maximum atomic E-state index is 5.56. The van der Waals surface area contributed by atoms with Crippen LogP contribution < -0.4 is 0 Å². The third kappa shape index (κ3) is 2.93. The van der Waals surface area contributed by atoms with Crippen molar-refractivity contribution in [2.45, 2.75) is 27.2 Å². The molecule has 0 saturated carbocycles. The van der Waals surface area contributed by atoms with Gasteiger partial charge in [-0.2, -0.15) is 0 Å². The van der Waals surface area contributed by atoms with Gasteiger partial charge in [0, 0.05) is 6.07 Å². The first-order valence-corrected chi connectivity index (χ1v) is 3.96. The zero-order valence-corrected chi connectivity index (χ0v) is 7.77. The van der Waals surface area contributed by atoms with Crippen LogP contribution in [0.3, 0.4) is 0 Å². The minimum absolute atomic E-state index is 0.236. The molecule has 11 heavy (non-hydrogen) atoms. The molecule has 0 unspecified atom stereocenters. The van der Waals surface area contributed by atoms with Crippen molar-refractivity contribution in [3.8, 4) is 0 Å². The van der Waals surface area contributed by atoms with Gasteiger partial charge in [0.1, 0.15) is 0 Å². The van der Waals surface area contributed by atoms with Gasteiger partial charge >= 0.3 is 0 Å². The summed E-state index contributed by atoms with van der Waals surface area (Å²) < 4.78 is 4.73. The molecule has 0 bridgehead atoms. The van der Waals surface area contributed by atoms with Crippen LogP contribution in [0.4, 0.5) is 0 Å². The van der Waals surface area contributed by atoms with Gasteiger partial charge in [0.05, 0.1) is 5.69 Å². The summed E-state index contributed by atoms with van der Waals surface area (Å²) in [6.07, 6.45) is 0.892. The Morgan fingerprint density at radius 1 is 1.55 bits per heavy atom. The summed E-state index contributed by atoms with van der Waals surface area (Å²) in [7, 11) is 0. The highest BCUT2D eigenvalue weighted by Gasteiger charge is 2.13. The Bertz CT molecular complexity index is 236.